The normalized spacial score (nSPS) is 16.2. The molecule has 35 heavy (non-hydrogen) atoms. The molecule has 0 aliphatic carbocycles. The van der Waals surface area contributed by atoms with Crippen molar-refractivity contribution in [3.8, 4) is 0 Å². The van der Waals surface area contributed by atoms with Crippen molar-refractivity contribution in [3.63, 3.8) is 0 Å². The van der Waals surface area contributed by atoms with Crippen LogP contribution in [-0.4, -0.2) is 49.9 Å². The fourth-order valence-corrected chi connectivity index (χ4v) is 5.33. The molecular weight excluding hydrogens is 466 g/mol. The van der Waals surface area contributed by atoms with Gasteiger partial charge in [0.05, 0.1) is 21.9 Å². The molecule has 1 fully saturated rings. The molecule has 8 nitrogen and oxygen atoms in total. The molecule has 1 N–H and O–H groups in total. The van der Waals surface area contributed by atoms with Gasteiger partial charge in [-0.15, -0.1) is 0 Å². The monoisotopic (exact) mass is 493 g/mol. The van der Waals surface area contributed by atoms with Crippen LogP contribution in [-0.2, 0) is 18.3 Å². The number of hydrogen-bond acceptors (Lipinski definition) is 5. The van der Waals surface area contributed by atoms with E-state index in [1.807, 2.05) is 41.0 Å². The Morgan fingerprint density at radius 3 is 2.69 bits per heavy atom. The van der Waals surface area contributed by atoms with Gasteiger partial charge in [0.2, 0.25) is 0 Å². The van der Waals surface area contributed by atoms with Crippen molar-refractivity contribution in [2.24, 2.45) is 13.0 Å². The number of hydrogen-bond donors (Lipinski definition) is 1. The summed E-state index contributed by atoms with van der Waals surface area (Å²) in [6.45, 7) is 2.29. The Bertz CT molecular complexity index is 1500. The van der Waals surface area contributed by atoms with Crippen molar-refractivity contribution in [1.82, 2.24) is 24.0 Å². The maximum absolute atomic E-state index is 12.9. The summed E-state index contributed by atoms with van der Waals surface area (Å²) in [6.07, 6.45) is 3.84. The van der Waals surface area contributed by atoms with Gasteiger partial charge in [0.25, 0.3) is 5.56 Å². The number of nitrogens with zero attached hydrogens (tertiary/aromatic N) is 4. The van der Waals surface area contributed by atoms with E-state index in [0.29, 0.717) is 41.1 Å². The highest BCUT2D eigenvalue weighted by Gasteiger charge is 2.26. The number of imidazole rings is 1. The van der Waals surface area contributed by atoms with Crippen LogP contribution in [0.1, 0.15) is 31.1 Å². The van der Waals surface area contributed by atoms with Gasteiger partial charge >= 0.3 is 5.69 Å². The largest absolute Gasteiger partial charge is 0.329 e. The molecule has 1 atom stereocenters. The van der Waals surface area contributed by atoms with Crippen LogP contribution in [0.5, 0.6) is 0 Å². The summed E-state index contributed by atoms with van der Waals surface area (Å²) in [5, 5.41) is 1.18. The van der Waals surface area contributed by atoms with Crippen molar-refractivity contribution in [1.29, 1.82) is 0 Å². The molecule has 182 valence electrons. The molecule has 1 saturated heterocycles. The summed E-state index contributed by atoms with van der Waals surface area (Å²) in [7, 11) is 1.78. The number of fused-ring (bicyclic) bond motifs is 2. The van der Waals surface area contributed by atoms with Gasteiger partial charge in [0, 0.05) is 50.1 Å². The first kappa shape index (κ1) is 23.5. The summed E-state index contributed by atoms with van der Waals surface area (Å²) < 4.78 is 3.54. The van der Waals surface area contributed by atoms with Crippen molar-refractivity contribution >= 4 is 39.8 Å². The van der Waals surface area contributed by atoms with Crippen LogP contribution >= 0.6 is 11.6 Å². The minimum Gasteiger partial charge on any atom is -0.310 e. The quantitative estimate of drug-likeness (QED) is 0.399. The first-order valence-electron chi connectivity index (χ1n) is 12.0. The van der Waals surface area contributed by atoms with E-state index in [-0.39, 0.29) is 23.2 Å². The van der Waals surface area contributed by atoms with Crippen molar-refractivity contribution in [2.75, 3.05) is 19.6 Å². The third-order valence-corrected chi connectivity index (χ3v) is 7.31. The maximum atomic E-state index is 12.9. The van der Waals surface area contributed by atoms with Crippen LogP contribution < -0.4 is 11.2 Å². The van der Waals surface area contributed by atoms with Gasteiger partial charge in [0.1, 0.15) is 12.1 Å². The fraction of sp³-hybridized carbons (Fsp3) is 0.385. The average molecular weight is 494 g/mol. The van der Waals surface area contributed by atoms with E-state index in [0.717, 1.165) is 43.3 Å². The number of para-hydroxylation sites is 1. The number of aryl methyl sites for hydroxylation is 2. The Kier molecular flexibility index (Phi) is 6.58. The van der Waals surface area contributed by atoms with Crippen LogP contribution in [0.3, 0.4) is 0 Å². The smallest absolute Gasteiger partial charge is 0.310 e. The zero-order valence-corrected chi connectivity index (χ0v) is 20.4. The highest BCUT2D eigenvalue weighted by atomic mass is 35.5. The summed E-state index contributed by atoms with van der Waals surface area (Å²) in [5.74, 6) is 0.459. The molecule has 0 spiro atoms. The van der Waals surface area contributed by atoms with E-state index in [1.165, 1.54) is 0 Å². The number of likely N-dealkylation sites (tertiary alicyclic amines) is 1. The Hall–Kier alpha value is -3.23. The summed E-state index contributed by atoms with van der Waals surface area (Å²) in [6, 6.07) is 12.9. The first-order chi connectivity index (χ1) is 16.9. The zero-order chi connectivity index (χ0) is 24.5. The second-order valence-electron chi connectivity index (χ2n) is 9.34. The van der Waals surface area contributed by atoms with Crippen molar-refractivity contribution < 1.29 is 4.79 Å². The molecule has 1 unspecified atom stereocenters. The highest BCUT2D eigenvalue weighted by Crippen LogP contribution is 2.27. The van der Waals surface area contributed by atoms with Crippen LogP contribution in [0.25, 0.3) is 21.9 Å². The van der Waals surface area contributed by atoms with Gasteiger partial charge in [-0.3, -0.25) is 13.9 Å². The third-order valence-electron chi connectivity index (χ3n) is 7.07. The number of piperidine rings is 1. The lowest BCUT2D eigenvalue weighted by Crippen LogP contribution is -2.40. The lowest BCUT2D eigenvalue weighted by atomic mass is 10.00. The number of aromatic nitrogens is 4. The van der Waals surface area contributed by atoms with Gasteiger partial charge in [-0.1, -0.05) is 23.7 Å². The first-order valence-corrected chi connectivity index (χ1v) is 12.3. The molecule has 1 aliphatic heterocycles. The van der Waals surface area contributed by atoms with Crippen molar-refractivity contribution in [2.45, 2.75) is 31.7 Å². The standard InChI is InChI=1S/C26H28ClN5O3/c1-30-23-14-18(27)7-8-22(23)32(26(30)35)19-10-12-31(13-11-19)15-17(16-33)6-9-24-28-21-5-3-2-4-20(21)25(34)29-24/h2-5,7-8,14,16-17,19H,6,9-13,15H2,1H3,(H,28,29,34). The molecule has 4 aromatic rings. The van der Waals surface area contributed by atoms with Gasteiger partial charge in [0.15, 0.2) is 0 Å². The molecule has 2 aromatic carbocycles. The van der Waals surface area contributed by atoms with Gasteiger partial charge < -0.3 is 14.7 Å². The minimum absolute atomic E-state index is 0.0247. The number of carbonyl (C=O) groups excluding carboxylic acids is 1. The maximum Gasteiger partial charge on any atom is 0.329 e. The Balaban J connectivity index is 1.21. The molecule has 0 amide bonds. The number of aromatic amines is 1. The van der Waals surface area contributed by atoms with Gasteiger partial charge in [-0.2, -0.15) is 0 Å². The molecular formula is C26H28ClN5O3. The number of halogens is 1. The number of rotatable bonds is 7. The Morgan fingerprint density at radius 2 is 1.91 bits per heavy atom. The summed E-state index contributed by atoms with van der Waals surface area (Å²) in [4.78, 5) is 46.7. The number of carbonyl (C=O) groups is 1. The zero-order valence-electron chi connectivity index (χ0n) is 19.6. The van der Waals surface area contributed by atoms with E-state index in [1.54, 1.807) is 17.7 Å². The fourth-order valence-electron chi connectivity index (χ4n) is 5.16. The molecule has 1 aliphatic rings. The SMILES string of the molecule is Cn1c(=O)n(C2CCN(CC(C=O)CCc3nc4ccccc4c(=O)[nH]3)CC2)c2ccc(Cl)cc21. The van der Waals surface area contributed by atoms with E-state index in [9.17, 15) is 14.4 Å². The highest BCUT2D eigenvalue weighted by molar-refractivity contribution is 6.31. The minimum atomic E-state index is -0.152. The number of aldehydes is 1. The second kappa shape index (κ2) is 9.79. The van der Waals surface area contributed by atoms with Crippen LogP contribution in [0, 0.1) is 5.92 Å². The number of benzene rings is 2. The van der Waals surface area contributed by atoms with E-state index in [4.69, 9.17) is 11.6 Å². The molecule has 0 bridgehead atoms. The predicted molar refractivity (Wildman–Crippen MR) is 137 cm³/mol. The summed E-state index contributed by atoms with van der Waals surface area (Å²) >= 11 is 6.14. The Morgan fingerprint density at radius 1 is 1.14 bits per heavy atom. The molecule has 9 heteroatoms. The summed E-state index contributed by atoms with van der Waals surface area (Å²) in [5.41, 5.74) is 2.24. The second-order valence-corrected chi connectivity index (χ2v) is 9.78. The number of H-pyrrole nitrogens is 1. The van der Waals surface area contributed by atoms with Crippen LogP contribution in [0.4, 0.5) is 0 Å². The average Bonchev–Trinajstić information content (AvgIpc) is 3.11. The lowest BCUT2D eigenvalue weighted by Gasteiger charge is -2.33. The van der Waals surface area contributed by atoms with Gasteiger partial charge in [-0.25, -0.2) is 9.78 Å². The lowest BCUT2D eigenvalue weighted by molar-refractivity contribution is -0.111. The molecule has 0 saturated carbocycles. The number of nitrogens with one attached hydrogen (secondary N) is 1. The van der Waals surface area contributed by atoms with Crippen molar-refractivity contribution in [3.05, 3.63) is 74.1 Å². The van der Waals surface area contributed by atoms with Crippen LogP contribution in [0.2, 0.25) is 5.02 Å². The van der Waals surface area contributed by atoms with E-state index >= 15 is 0 Å². The molecule has 3 heterocycles. The topological polar surface area (TPSA) is 93.0 Å². The van der Waals surface area contributed by atoms with Crippen LogP contribution in [0.15, 0.2) is 52.1 Å². The Labute approximate surface area is 207 Å². The third kappa shape index (κ3) is 4.68. The molecule has 2 aromatic heterocycles. The van der Waals surface area contributed by atoms with E-state index < -0.39 is 0 Å². The van der Waals surface area contributed by atoms with E-state index in [2.05, 4.69) is 14.9 Å². The van der Waals surface area contributed by atoms with Gasteiger partial charge in [-0.05, 0) is 49.6 Å². The molecule has 5 rings (SSSR count). The predicted octanol–water partition coefficient (Wildman–Crippen LogP) is 3.31. The molecule has 0 radical (unpaired) electrons.